The molecule has 0 spiro atoms. The van der Waals surface area contributed by atoms with Gasteiger partial charge in [-0.3, -0.25) is 14.5 Å². The van der Waals surface area contributed by atoms with E-state index in [-0.39, 0.29) is 43.4 Å². The molecule has 0 bridgehead atoms. The molecular formula is C27H28ClF3N4O3. The maximum Gasteiger partial charge on any atom is 0.310 e. The van der Waals surface area contributed by atoms with E-state index in [1.807, 2.05) is 12.1 Å². The Morgan fingerprint density at radius 2 is 1.92 bits per heavy atom. The van der Waals surface area contributed by atoms with Crippen molar-refractivity contribution in [3.05, 3.63) is 70.8 Å². The van der Waals surface area contributed by atoms with E-state index < -0.39 is 36.7 Å². The Morgan fingerprint density at radius 3 is 2.55 bits per heavy atom. The molecule has 2 atom stereocenters. The Balaban J connectivity index is 1.53. The van der Waals surface area contributed by atoms with E-state index in [9.17, 15) is 22.8 Å². The topological polar surface area (TPSA) is 88.2 Å². The van der Waals surface area contributed by atoms with Crippen molar-refractivity contribution in [2.24, 2.45) is 11.8 Å². The highest BCUT2D eigenvalue weighted by Crippen LogP contribution is 2.31. The number of nitrogens with one attached hydrogen (secondary N) is 1. The van der Waals surface area contributed by atoms with Crippen molar-refractivity contribution in [3.8, 4) is 11.1 Å². The number of hydrogen-bond acceptors (Lipinski definition) is 6. The summed E-state index contributed by atoms with van der Waals surface area (Å²) >= 11 is 6.03. The lowest BCUT2D eigenvalue weighted by Crippen LogP contribution is -2.57. The fraction of sp³-hybridized carbons (Fsp3) is 0.407. The fourth-order valence-corrected chi connectivity index (χ4v) is 4.94. The van der Waals surface area contributed by atoms with Gasteiger partial charge in [-0.1, -0.05) is 35.9 Å². The zero-order valence-corrected chi connectivity index (χ0v) is 21.6. The first kappa shape index (κ1) is 27.8. The van der Waals surface area contributed by atoms with Gasteiger partial charge in [-0.25, -0.2) is 13.2 Å². The molecule has 0 amide bonds. The third-order valence-electron chi connectivity index (χ3n) is 6.52. The molecule has 0 radical (unpaired) electrons. The van der Waals surface area contributed by atoms with Crippen molar-refractivity contribution < 1.29 is 27.5 Å². The highest BCUT2D eigenvalue weighted by Gasteiger charge is 2.45. The molecule has 3 aromatic rings. The average Bonchev–Trinajstić information content (AvgIpc) is 3.40. The van der Waals surface area contributed by atoms with E-state index in [1.165, 1.54) is 23.2 Å². The van der Waals surface area contributed by atoms with Gasteiger partial charge in [0.15, 0.2) is 5.78 Å². The van der Waals surface area contributed by atoms with Gasteiger partial charge in [-0.05, 0) is 55.0 Å². The van der Waals surface area contributed by atoms with Crippen molar-refractivity contribution >= 4 is 23.4 Å². The molecule has 1 fully saturated rings. The van der Waals surface area contributed by atoms with Gasteiger partial charge in [-0.2, -0.15) is 15.4 Å². The first-order valence-corrected chi connectivity index (χ1v) is 12.7. The number of aromatic amines is 1. The molecule has 38 heavy (non-hydrogen) atoms. The number of rotatable bonds is 12. The Bertz CT molecular complexity index is 1250. The largest absolute Gasteiger partial charge is 0.466 e. The van der Waals surface area contributed by atoms with Crippen LogP contribution in [0, 0.1) is 17.7 Å². The van der Waals surface area contributed by atoms with Gasteiger partial charge in [0.25, 0.3) is 5.92 Å². The third-order valence-corrected chi connectivity index (χ3v) is 6.75. The molecule has 11 heteroatoms. The van der Waals surface area contributed by atoms with E-state index in [0.717, 1.165) is 5.56 Å². The summed E-state index contributed by atoms with van der Waals surface area (Å²) in [4.78, 5) is 27.1. The molecule has 0 saturated carbocycles. The Kier molecular flexibility index (Phi) is 8.83. The second-order valence-electron chi connectivity index (χ2n) is 9.58. The van der Waals surface area contributed by atoms with Crippen LogP contribution in [0.2, 0.25) is 5.02 Å². The van der Waals surface area contributed by atoms with Gasteiger partial charge in [0, 0.05) is 23.6 Å². The molecule has 1 saturated heterocycles. The molecule has 0 unspecified atom stereocenters. The van der Waals surface area contributed by atoms with Crippen LogP contribution in [0.25, 0.3) is 11.1 Å². The number of Topliss-reactive ketones (excluding diaryl/α,β-unsaturated/α-hetero) is 1. The van der Waals surface area contributed by atoms with Crippen LogP contribution in [0.3, 0.4) is 0 Å². The second kappa shape index (κ2) is 12.1. The molecule has 7 nitrogen and oxygen atoms in total. The number of aromatic nitrogens is 3. The van der Waals surface area contributed by atoms with Crippen LogP contribution in [0.1, 0.15) is 35.8 Å². The summed E-state index contributed by atoms with van der Waals surface area (Å²) in [6.07, 6.45) is 2.09. The Labute approximate surface area is 223 Å². The first-order valence-electron chi connectivity index (χ1n) is 12.3. The zero-order chi connectivity index (χ0) is 27.3. The number of alkyl halides is 2. The maximum absolute atomic E-state index is 14.3. The van der Waals surface area contributed by atoms with Gasteiger partial charge >= 0.3 is 5.97 Å². The van der Waals surface area contributed by atoms with Crippen LogP contribution in [-0.4, -0.2) is 64.2 Å². The molecule has 2 heterocycles. The average molecular weight is 549 g/mol. The van der Waals surface area contributed by atoms with Crippen molar-refractivity contribution in [3.63, 3.8) is 0 Å². The minimum Gasteiger partial charge on any atom is -0.466 e. The Hall–Kier alpha value is -3.24. The summed E-state index contributed by atoms with van der Waals surface area (Å²) in [5, 5.41) is 10.4. The fourth-order valence-electron chi connectivity index (χ4n) is 4.77. The summed E-state index contributed by atoms with van der Waals surface area (Å²) < 4.78 is 46.4. The number of carbonyl (C=O) groups is 2. The molecule has 202 valence electrons. The molecule has 1 aliphatic rings. The van der Waals surface area contributed by atoms with Crippen LogP contribution in [0.5, 0.6) is 0 Å². The van der Waals surface area contributed by atoms with Crippen LogP contribution >= 0.6 is 11.6 Å². The van der Waals surface area contributed by atoms with Crippen molar-refractivity contribution in [2.75, 3.05) is 26.2 Å². The minimum absolute atomic E-state index is 0.0727. The van der Waals surface area contributed by atoms with E-state index in [1.54, 1.807) is 25.1 Å². The second-order valence-corrected chi connectivity index (χ2v) is 10.0. The number of likely N-dealkylation sites (tertiary alicyclic amines) is 1. The van der Waals surface area contributed by atoms with Crippen LogP contribution in [0.15, 0.2) is 48.7 Å². The summed E-state index contributed by atoms with van der Waals surface area (Å²) in [6, 6.07) is 11.5. The zero-order valence-electron chi connectivity index (χ0n) is 20.8. The number of halogens is 4. The number of carbonyl (C=O) groups excluding carboxylic acids is 2. The molecule has 1 aliphatic heterocycles. The SMILES string of the molecule is CCOC(=O)[C@@H](C[C@H](CC(=O)c1cn[nH]n1)Cc1ccc(-c2cc(Cl)ccc2F)cc1)CN1CC(F)(F)C1. The van der Waals surface area contributed by atoms with Crippen LogP contribution in [-0.2, 0) is 16.0 Å². The molecule has 1 aromatic heterocycles. The van der Waals surface area contributed by atoms with E-state index in [4.69, 9.17) is 16.3 Å². The predicted molar refractivity (Wildman–Crippen MR) is 135 cm³/mol. The lowest BCUT2D eigenvalue weighted by atomic mass is 9.84. The molecule has 0 aliphatic carbocycles. The number of benzene rings is 2. The van der Waals surface area contributed by atoms with E-state index in [2.05, 4.69) is 15.4 Å². The lowest BCUT2D eigenvalue weighted by molar-refractivity contribution is -0.158. The van der Waals surface area contributed by atoms with Crippen molar-refractivity contribution in [1.82, 2.24) is 20.3 Å². The van der Waals surface area contributed by atoms with E-state index >= 15 is 0 Å². The van der Waals surface area contributed by atoms with Crippen LogP contribution in [0.4, 0.5) is 13.2 Å². The standard InChI is InChI=1S/C27H28ClF3N4O3/c1-2-38-26(37)20(14-35-15-27(30,31)16-35)10-18(11-25(36)24-13-32-34-33-24)9-17-3-5-19(6-4-17)22-12-21(28)7-8-23(22)29/h3-8,12-13,18,20H,2,9-11,14-16H2,1H3,(H,32,33,34)/t18-,20+/m1/s1. The van der Waals surface area contributed by atoms with Gasteiger partial charge in [0.2, 0.25) is 0 Å². The van der Waals surface area contributed by atoms with Crippen molar-refractivity contribution in [2.45, 2.75) is 32.1 Å². The molecule has 1 N–H and O–H groups in total. The smallest absolute Gasteiger partial charge is 0.310 e. The number of ether oxygens (including phenoxy) is 1. The summed E-state index contributed by atoms with van der Waals surface area (Å²) in [7, 11) is 0. The number of ketones is 1. The Morgan fingerprint density at radius 1 is 1.18 bits per heavy atom. The number of nitrogens with zero attached hydrogens (tertiary/aromatic N) is 3. The summed E-state index contributed by atoms with van der Waals surface area (Å²) in [6.45, 7) is 1.15. The normalized spacial score (nSPS) is 16.4. The van der Waals surface area contributed by atoms with Crippen LogP contribution < -0.4 is 0 Å². The quantitative estimate of drug-likeness (QED) is 0.247. The third kappa shape index (κ3) is 7.20. The van der Waals surface area contributed by atoms with Crippen molar-refractivity contribution in [1.29, 1.82) is 0 Å². The summed E-state index contributed by atoms with van der Waals surface area (Å²) in [5.41, 5.74) is 2.06. The van der Waals surface area contributed by atoms with Gasteiger partial charge < -0.3 is 4.74 Å². The highest BCUT2D eigenvalue weighted by atomic mass is 35.5. The molecule has 4 rings (SSSR count). The number of esters is 1. The molecular weight excluding hydrogens is 521 g/mol. The highest BCUT2D eigenvalue weighted by molar-refractivity contribution is 6.30. The summed E-state index contributed by atoms with van der Waals surface area (Å²) in [5.74, 6) is -4.88. The minimum atomic E-state index is -2.76. The maximum atomic E-state index is 14.3. The van der Waals surface area contributed by atoms with Gasteiger partial charge in [0.05, 0.1) is 31.8 Å². The van der Waals surface area contributed by atoms with Gasteiger partial charge in [0.1, 0.15) is 11.5 Å². The monoisotopic (exact) mass is 548 g/mol. The van der Waals surface area contributed by atoms with E-state index in [0.29, 0.717) is 22.6 Å². The number of H-pyrrole nitrogens is 1. The predicted octanol–water partition coefficient (Wildman–Crippen LogP) is 5.22. The molecule has 2 aromatic carbocycles. The van der Waals surface area contributed by atoms with Gasteiger partial charge in [-0.15, -0.1) is 0 Å². The number of hydrogen-bond donors (Lipinski definition) is 1. The lowest BCUT2D eigenvalue weighted by Gasteiger charge is -2.40. The first-order chi connectivity index (χ1) is 18.1.